The summed E-state index contributed by atoms with van der Waals surface area (Å²) >= 11 is 0. The van der Waals surface area contributed by atoms with Crippen molar-refractivity contribution < 1.29 is 0 Å². The lowest BCUT2D eigenvalue weighted by Gasteiger charge is -1.95. The second kappa shape index (κ2) is 2.92. The molecule has 2 N–H and O–H groups in total. The van der Waals surface area contributed by atoms with Gasteiger partial charge < -0.3 is 5.73 Å². The summed E-state index contributed by atoms with van der Waals surface area (Å²) in [6.07, 6.45) is 3.57. The molecule has 0 saturated heterocycles. The molecular weight excluding hydrogens is 206 g/mol. The van der Waals surface area contributed by atoms with Gasteiger partial charge in [-0.15, -0.1) is 17.0 Å². The van der Waals surface area contributed by atoms with Crippen molar-refractivity contribution in [2.45, 2.75) is 0 Å². The zero-order valence-corrected chi connectivity index (χ0v) is 7.48. The number of nitrogen functional groups attached to an aromatic ring is 1. The Hall–Kier alpha value is -1.03. The van der Waals surface area contributed by atoms with Crippen LogP contribution < -0.4 is 5.73 Å². The number of nitrogens with zero attached hydrogens (tertiary/aromatic N) is 2. The second-order valence-electron chi connectivity index (χ2n) is 2.11. The maximum atomic E-state index is 5.62. The monoisotopic (exact) mass is 213 g/mol. The lowest BCUT2D eigenvalue weighted by Crippen LogP contribution is -1.93. The molecule has 0 unspecified atom stereocenters. The molecule has 0 aliphatic rings. The number of rotatable bonds is 0. The number of fused-ring (bicyclic) bond motifs is 1. The Morgan fingerprint density at radius 1 is 1.36 bits per heavy atom. The van der Waals surface area contributed by atoms with Gasteiger partial charge in [-0.05, 0) is 12.1 Å². The van der Waals surface area contributed by atoms with Crippen molar-refractivity contribution in [1.82, 2.24) is 9.38 Å². The van der Waals surface area contributed by atoms with Crippen LogP contribution in [0.25, 0.3) is 5.65 Å². The van der Waals surface area contributed by atoms with Crippen LogP contribution in [0.15, 0.2) is 30.6 Å². The van der Waals surface area contributed by atoms with E-state index in [9.17, 15) is 0 Å². The van der Waals surface area contributed by atoms with Crippen LogP contribution in [-0.2, 0) is 0 Å². The van der Waals surface area contributed by atoms with Gasteiger partial charge in [-0.2, -0.15) is 0 Å². The van der Waals surface area contributed by atoms with E-state index in [0.717, 1.165) is 11.5 Å². The highest BCUT2D eigenvalue weighted by atomic mass is 79.9. The van der Waals surface area contributed by atoms with Gasteiger partial charge in [0.25, 0.3) is 0 Å². The molecule has 2 aromatic heterocycles. The normalized spacial score (nSPS) is 9.45. The summed E-state index contributed by atoms with van der Waals surface area (Å²) in [5, 5.41) is 0. The zero-order valence-electron chi connectivity index (χ0n) is 5.77. The first-order chi connectivity index (χ1) is 4.88. The number of halogens is 1. The molecule has 0 radical (unpaired) electrons. The van der Waals surface area contributed by atoms with Crippen molar-refractivity contribution >= 4 is 28.4 Å². The van der Waals surface area contributed by atoms with Crippen molar-refractivity contribution in [1.29, 1.82) is 0 Å². The Bertz CT molecular complexity index is 355. The van der Waals surface area contributed by atoms with Gasteiger partial charge in [-0.1, -0.05) is 6.07 Å². The highest BCUT2D eigenvalue weighted by Crippen LogP contribution is 2.05. The number of pyridine rings is 1. The molecule has 0 atom stereocenters. The zero-order chi connectivity index (χ0) is 6.97. The predicted octanol–water partition coefficient (Wildman–Crippen LogP) is 1.49. The van der Waals surface area contributed by atoms with Crippen LogP contribution in [0.1, 0.15) is 0 Å². The predicted molar refractivity (Wildman–Crippen MR) is 49.9 cm³/mol. The van der Waals surface area contributed by atoms with Gasteiger partial charge in [0.2, 0.25) is 0 Å². The summed E-state index contributed by atoms with van der Waals surface area (Å²) in [7, 11) is 0. The Balaban J connectivity index is 0.000000605. The Labute approximate surface area is 74.6 Å². The molecule has 3 nitrogen and oxygen atoms in total. The lowest BCUT2D eigenvalue weighted by molar-refractivity contribution is 1.20. The van der Waals surface area contributed by atoms with Gasteiger partial charge in [0.15, 0.2) is 0 Å². The summed E-state index contributed by atoms with van der Waals surface area (Å²) in [5.41, 5.74) is 6.51. The molecule has 4 heteroatoms. The molecule has 0 fully saturated rings. The summed E-state index contributed by atoms with van der Waals surface area (Å²) in [5.74, 6) is 0.718. The van der Waals surface area contributed by atoms with Crippen LogP contribution in [0.5, 0.6) is 0 Å². The van der Waals surface area contributed by atoms with Crippen LogP contribution in [0.4, 0.5) is 5.82 Å². The molecule has 0 aliphatic carbocycles. The molecule has 0 amide bonds. The number of anilines is 1. The molecule has 11 heavy (non-hydrogen) atoms. The summed E-state index contributed by atoms with van der Waals surface area (Å²) in [6.45, 7) is 0. The topological polar surface area (TPSA) is 43.3 Å². The minimum Gasteiger partial charge on any atom is -0.385 e. The van der Waals surface area contributed by atoms with E-state index in [4.69, 9.17) is 5.73 Å². The van der Waals surface area contributed by atoms with E-state index >= 15 is 0 Å². The Morgan fingerprint density at radius 3 is 2.91 bits per heavy atom. The first-order valence-electron chi connectivity index (χ1n) is 3.05. The van der Waals surface area contributed by atoms with E-state index < -0.39 is 0 Å². The van der Waals surface area contributed by atoms with Crippen LogP contribution in [0.2, 0.25) is 0 Å². The van der Waals surface area contributed by atoms with E-state index in [0.29, 0.717) is 0 Å². The van der Waals surface area contributed by atoms with E-state index in [1.165, 1.54) is 0 Å². The lowest BCUT2D eigenvalue weighted by atomic mass is 10.4. The fourth-order valence-electron chi connectivity index (χ4n) is 0.970. The fraction of sp³-hybridized carbons (Fsp3) is 0. The summed E-state index contributed by atoms with van der Waals surface area (Å²) in [6, 6.07) is 5.64. The van der Waals surface area contributed by atoms with Crippen molar-refractivity contribution in [2.24, 2.45) is 0 Å². The average molecular weight is 214 g/mol. The molecule has 0 aliphatic heterocycles. The van der Waals surface area contributed by atoms with Gasteiger partial charge in [0.05, 0.1) is 0 Å². The summed E-state index contributed by atoms with van der Waals surface area (Å²) < 4.78 is 1.83. The molecular formula is C7H8BrN3. The van der Waals surface area contributed by atoms with Gasteiger partial charge >= 0.3 is 0 Å². The smallest absolute Gasteiger partial charge is 0.138 e. The first-order valence-corrected chi connectivity index (χ1v) is 3.05. The molecule has 0 bridgehead atoms. The number of imidazole rings is 1. The van der Waals surface area contributed by atoms with Crippen LogP contribution in [-0.4, -0.2) is 9.38 Å². The second-order valence-corrected chi connectivity index (χ2v) is 2.11. The molecule has 0 spiro atoms. The van der Waals surface area contributed by atoms with Crippen LogP contribution >= 0.6 is 17.0 Å². The number of aromatic nitrogens is 2. The molecule has 0 saturated carbocycles. The standard InChI is InChI=1S/C7H7N3.BrH/c8-6-2-1-3-7-9-4-5-10(6)7;/h1-5H,8H2;1H. The molecule has 2 heterocycles. The van der Waals surface area contributed by atoms with E-state index in [2.05, 4.69) is 4.98 Å². The highest BCUT2D eigenvalue weighted by molar-refractivity contribution is 8.93. The molecule has 2 rings (SSSR count). The van der Waals surface area contributed by atoms with Gasteiger partial charge in [-0.25, -0.2) is 4.98 Å². The third-order valence-electron chi connectivity index (χ3n) is 1.46. The number of nitrogens with two attached hydrogens (primary N) is 1. The third kappa shape index (κ3) is 1.21. The largest absolute Gasteiger partial charge is 0.385 e. The first kappa shape index (κ1) is 8.07. The third-order valence-corrected chi connectivity index (χ3v) is 1.46. The number of hydrogen-bond donors (Lipinski definition) is 1. The molecule has 58 valence electrons. The SMILES string of the molecule is Br.Nc1cccc2nccn12. The highest BCUT2D eigenvalue weighted by Gasteiger charge is 1.92. The van der Waals surface area contributed by atoms with Crippen LogP contribution in [0, 0.1) is 0 Å². The minimum atomic E-state index is 0. The van der Waals surface area contributed by atoms with Crippen molar-refractivity contribution in [3.8, 4) is 0 Å². The summed E-state index contributed by atoms with van der Waals surface area (Å²) in [4.78, 5) is 4.06. The van der Waals surface area contributed by atoms with E-state index in [-0.39, 0.29) is 17.0 Å². The van der Waals surface area contributed by atoms with Gasteiger partial charge in [-0.3, -0.25) is 4.40 Å². The van der Waals surface area contributed by atoms with Crippen molar-refractivity contribution in [2.75, 3.05) is 5.73 Å². The number of hydrogen-bond acceptors (Lipinski definition) is 2. The van der Waals surface area contributed by atoms with Crippen molar-refractivity contribution in [3.63, 3.8) is 0 Å². The van der Waals surface area contributed by atoms with Crippen molar-refractivity contribution in [3.05, 3.63) is 30.6 Å². The maximum Gasteiger partial charge on any atom is 0.138 e. The van der Waals surface area contributed by atoms with Crippen LogP contribution in [0.3, 0.4) is 0 Å². The van der Waals surface area contributed by atoms with Gasteiger partial charge in [0, 0.05) is 12.4 Å². The Morgan fingerprint density at radius 2 is 2.18 bits per heavy atom. The molecule has 2 aromatic rings. The average Bonchev–Trinajstić information content (AvgIpc) is 2.36. The maximum absolute atomic E-state index is 5.62. The quantitative estimate of drug-likeness (QED) is 0.721. The Kier molecular flexibility index (Phi) is 2.14. The fourth-order valence-corrected chi connectivity index (χ4v) is 0.970. The van der Waals surface area contributed by atoms with Gasteiger partial charge in [0.1, 0.15) is 11.5 Å². The molecule has 0 aromatic carbocycles. The van der Waals surface area contributed by atoms with E-state index in [1.807, 2.05) is 28.8 Å². The minimum absolute atomic E-state index is 0. The van der Waals surface area contributed by atoms with E-state index in [1.54, 1.807) is 6.20 Å².